The summed E-state index contributed by atoms with van der Waals surface area (Å²) in [6, 6.07) is 19.9. The van der Waals surface area contributed by atoms with E-state index in [1.807, 2.05) is 42.5 Å². The maximum Gasteiger partial charge on any atom is 0.269 e. The van der Waals surface area contributed by atoms with Crippen LogP contribution in [0.3, 0.4) is 0 Å². The predicted molar refractivity (Wildman–Crippen MR) is 111 cm³/mol. The molecule has 2 N–H and O–H groups in total. The Morgan fingerprint density at radius 1 is 1.04 bits per heavy atom. The zero-order chi connectivity index (χ0) is 19.8. The van der Waals surface area contributed by atoms with Gasteiger partial charge >= 0.3 is 0 Å². The summed E-state index contributed by atoms with van der Waals surface area (Å²) in [6.45, 7) is 0.0947. The largest absolute Gasteiger partial charge is 0.376 e. The first kappa shape index (κ1) is 18.8. The lowest BCUT2D eigenvalue weighted by atomic mass is 10.1. The van der Waals surface area contributed by atoms with Gasteiger partial charge < -0.3 is 5.32 Å². The van der Waals surface area contributed by atoms with Crippen molar-refractivity contribution in [3.8, 4) is 0 Å². The van der Waals surface area contributed by atoms with E-state index in [-0.39, 0.29) is 18.1 Å². The molecule has 3 rings (SSSR count). The molecular weight excluding hydrogens is 356 g/mol. The highest BCUT2D eigenvalue weighted by Gasteiger charge is 2.03. The van der Waals surface area contributed by atoms with Gasteiger partial charge in [-0.05, 0) is 35.2 Å². The highest BCUT2D eigenvalue weighted by molar-refractivity contribution is 5.95. The van der Waals surface area contributed by atoms with Gasteiger partial charge in [0.2, 0.25) is 0 Å². The molecule has 0 saturated heterocycles. The molecule has 3 aromatic rings. The van der Waals surface area contributed by atoms with Gasteiger partial charge in [0, 0.05) is 29.4 Å². The number of hydrogen-bond donors (Lipinski definition) is 2. The van der Waals surface area contributed by atoms with E-state index in [1.54, 1.807) is 24.3 Å². The minimum absolute atomic E-state index is 0.0387. The van der Waals surface area contributed by atoms with E-state index in [0.717, 1.165) is 22.0 Å². The Morgan fingerprint density at radius 3 is 2.57 bits per heavy atom. The van der Waals surface area contributed by atoms with Crippen molar-refractivity contribution in [1.82, 2.24) is 5.43 Å². The number of allylic oxidation sites excluding steroid dienone is 1. The average molecular weight is 374 g/mol. The number of carbonyl (C=O) groups is 1. The highest BCUT2D eigenvalue weighted by atomic mass is 16.6. The fourth-order valence-electron chi connectivity index (χ4n) is 2.61. The van der Waals surface area contributed by atoms with Crippen LogP contribution in [0.2, 0.25) is 0 Å². The number of amides is 1. The molecule has 0 spiro atoms. The van der Waals surface area contributed by atoms with E-state index in [9.17, 15) is 14.9 Å². The Hall–Kier alpha value is -4.00. The smallest absolute Gasteiger partial charge is 0.269 e. The number of nitrogens with zero attached hydrogens (tertiary/aromatic N) is 2. The third-order valence-electron chi connectivity index (χ3n) is 3.97. The molecule has 0 aliphatic carbocycles. The molecule has 1 amide bonds. The number of carbonyl (C=O) groups excluding carboxylic acids is 1. The van der Waals surface area contributed by atoms with Crippen molar-refractivity contribution in [3.05, 3.63) is 88.5 Å². The number of nitrogens with one attached hydrogen (secondary N) is 2. The maximum absolute atomic E-state index is 11.9. The molecule has 0 atom stereocenters. The van der Waals surface area contributed by atoms with Gasteiger partial charge in [-0.15, -0.1) is 0 Å². The van der Waals surface area contributed by atoms with Crippen LogP contribution in [0, 0.1) is 10.1 Å². The molecule has 0 saturated carbocycles. The summed E-state index contributed by atoms with van der Waals surface area (Å²) >= 11 is 0. The van der Waals surface area contributed by atoms with Crippen molar-refractivity contribution < 1.29 is 9.72 Å². The van der Waals surface area contributed by atoms with Crippen LogP contribution in [-0.4, -0.2) is 23.6 Å². The van der Waals surface area contributed by atoms with Gasteiger partial charge in [-0.25, -0.2) is 5.43 Å². The second-order valence-electron chi connectivity index (χ2n) is 5.90. The Balaban J connectivity index is 1.48. The lowest BCUT2D eigenvalue weighted by Crippen LogP contribution is -2.25. The molecule has 0 heterocycles. The number of rotatable bonds is 7. The number of hydrogen-bond acceptors (Lipinski definition) is 5. The van der Waals surface area contributed by atoms with E-state index in [0.29, 0.717) is 0 Å². The molecule has 0 unspecified atom stereocenters. The molecule has 140 valence electrons. The molecule has 0 aliphatic rings. The van der Waals surface area contributed by atoms with Crippen LogP contribution in [-0.2, 0) is 4.79 Å². The first-order valence-electron chi connectivity index (χ1n) is 8.58. The third kappa shape index (κ3) is 5.01. The predicted octanol–water partition coefficient (Wildman–Crippen LogP) is 3.98. The van der Waals surface area contributed by atoms with Crippen molar-refractivity contribution >= 4 is 40.3 Å². The van der Waals surface area contributed by atoms with E-state index in [1.165, 1.54) is 18.3 Å². The van der Waals surface area contributed by atoms with Crippen molar-refractivity contribution in [1.29, 1.82) is 0 Å². The average Bonchev–Trinajstić information content (AvgIpc) is 2.72. The summed E-state index contributed by atoms with van der Waals surface area (Å²) < 4.78 is 0. The second-order valence-corrected chi connectivity index (χ2v) is 5.90. The Bertz CT molecular complexity index is 1040. The molecule has 0 bridgehead atoms. The minimum atomic E-state index is -0.448. The molecule has 0 fully saturated rings. The molecule has 0 radical (unpaired) electrons. The van der Waals surface area contributed by atoms with E-state index >= 15 is 0 Å². The summed E-state index contributed by atoms with van der Waals surface area (Å²) in [5, 5.41) is 19.7. The summed E-state index contributed by atoms with van der Waals surface area (Å²) in [4.78, 5) is 22.1. The number of fused-ring (bicyclic) bond motifs is 1. The first-order valence-corrected chi connectivity index (χ1v) is 8.58. The molecule has 7 nitrogen and oxygen atoms in total. The first-order chi connectivity index (χ1) is 13.6. The lowest BCUT2D eigenvalue weighted by Gasteiger charge is -2.08. The Morgan fingerprint density at radius 2 is 1.79 bits per heavy atom. The zero-order valence-electron chi connectivity index (χ0n) is 14.9. The Labute approximate surface area is 161 Å². The van der Waals surface area contributed by atoms with Gasteiger partial charge in [0.15, 0.2) is 0 Å². The zero-order valence-corrected chi connectivity index (χ0v) is 14.9. The molecular formula is C21H18N4O3. The van der Waals surface area contributed by atoms with Crippen LogP contribution in [0.5, 0.6) is 0 Å². The van der Waals surface area contributed by atoms with Crippen LogP contribution < -0.4 is 10.7 Å². The molecule has 28 heavy (non-hydrogen) atoms. The fraction of sp³-hybridized carbons (Fsp3) is 0.0476. The summed E-state index contributed by atoms with van der Waals surface area (Å²) in [7, 11) is 0. The number of benzene rings is 3. The molecule has 0 aliphatic heterocycles. The van der Waals surface area contributed by atoms with E-state index < -0.39 is 4.92 Å². The van der Waals surface area contributed by atoms with Crippen LogP contribution in [0.25, 0.3) is 16.8 Å². The monoisotopic (exact) mass is 374 g/mol. The van der Waals surface area contributed by atoms with E-state index in [2.05, 4.69) is 15.8 Å². The van der Waals surface area contributed by atoms with Crippen LogP contribution in [0.1, 0.15) is 5.56 Å². The fourth-order valence-corrected chi connectivity index (χ4v) is 2.61. The van der Waals surface area contributed by atoms with Gasteiger partial charge in [-0.3, -0.25) is 14.9 Å². The summed E-state index contributed by atoms with van der Waals surface area (Å²) in [6.07, 6.45) is 4.81. The number of non-ortho nitro benzene ring substituents is 1. The second kappa shape index (κ2) is 9.09. The van der Waals surface area contributed by atoms with Crippen molar-refractivity contribution in [2.24, 2.45) is 5.10 Å². The molecule has 0 aromatic heterocycles. The quantitative estimate of drug-likeness (QED) is 0.371. The van der Waals surface area contributed by atoms with E-state index in [4.69, 9.17) is 0 Å². The summed E-state index contributed by atoms with van der Waals surface area (Å²) in [5.41, 5.74) is 4.15. The Kier molecular flexibility index (Phi) is 6.10. The van der Waals surface area contributed by atoms with Gasteiger partial charge in [0.25, 0.3) is 11.6 Å². The number of hydrazone groups is 1. The van der Waals surface area contributed by atoms with Crippen LogP contribution in [0.15, 0.2) is 77.9 Å². The van der Waals surface area contributed by atoms with Gasteiger partial charge in [-0.1, -0.05) is 42.5 Å². The van der Waals surface area contributed by atoms with Crippen LogP contribution >= 0.6 is 0 Å². The lowest BCUT2D eigenvalue weighted by molar-refractivity contribution is -0.384. The SMILES string of the molecule is O=C(CNc1cccc2ccccc12)NN=CC=Cc1ccc([N+](=O)[O-])cc1. The standard InChI is InChI=1S/C21H18N4O3/c26-21(15-22-20-9-3-7-17-6-1-2-8-19(17)20)24-23-14-4-5-16-10-12-18(13-11-16)25(27)28/h1-14,22H,15H2,(H,24,26). The highest BCUT2D eigenvalue weighted by Crippen LogP contribution is 2.22. The van der Waals surface area contributed by atoms with Gasteiger partial charge in [-0.2, -0.15) is 5.10 Å². The molecule has 7 heteroatoms. The normalized spacial score (nSPS) is 11.1. The van der Waals surface area contributed by atoms with Crippen LogP contribution in [0.4, 0.5) is 11.4 Å². The summed E-state index contributed by atoms with van der Waals surface area (Å²) in [5.74, 6) is -0.270. The number of nitro groups is 1. The number of nitro benzene ring substituents is 1. The van der Waals surface area contributed by atoms with Gasteiger partial charge in [0.05, 0.1) is 11.5 Å². The van der Waals surface area contributed by atoms with Crippen molar-refractivity contribution in [3.63, 3.8) is 0 Å². The minimum Gasteiger partial charge on any atom is -0.376 e. The topological polar surface area (TPSA) is 96.6 Å². The molecule has 3 aromatic carbocycles. The number of anilines is 1. The van der Waals surface area contributed by atoms with Crippen molar-refractivity contribution in [2.75, 3.05) is 11.9 Å². The third-order valence-corrected chi connectivity index (χ3v) is 3.97. The van der Waals surface area contributed by atoms with Crippen molar-refractivity contribution in [2.45, 2.75) is 0 Å². The van der Waals surface area contributed by atoms with Gasteiger partial charge in [0.1, 0.15) is 0 Å². The maximum atomic E-state index is 11.9.